The number of halogens is 1. The van der Waals surface area contributed by atoms with Crippen LogP contribution in [0.4, 0.5) is 10.2 Å². The molecule has 0 saturated heterocycles. The van der Waals surface area contributed by atoms with Crippen LogP contribution in [0, 0.1) is 12.7 Å². The Morgan fingerprint density at radius 3 is 2.58 bits per heavy atom. The van der Waals surface area contributed by atoms with E-state index in [0.717, 1.165) is 11.3 Å². The van der Waals surface area contributed by atoms with E-state index in [9.17, 15) is 14.0 Å². The molecule has 2 aliphatic heterocycles. The van der Waals surface area contributed by atoms with Crippen molar-refractivity contribution in [3.05, 3.63) is 82.6 Å². The number of benzene rings is 2. The molecule has 36 heavy (non-hydrogen) atoms. The summed E-state index contributed by atoms with van der Waals surface area (Å²) in [7, 11) is 0. The second-order valence-corrected chi connectivity index (χ2v) is 9.74. The molecule has 4 aromatic rings. The van der Waals surface area contributed by atoms with Gasteiger partial charge in [-0.25, -0.2) is 14.4 Å². The number of rotatable bonds is 3. The normalized spacial score (nSPS) is 17.2. The van der Waals surface area contributed by atoms with Crippen molar-refractivity contribution in [3.63, 3.8) is 0 Å². The lowest BCUT2D eigenvalue weighted by atomic mass is 9.98. The monoisotopic (exact) mass is 502 g/mol. The number of hydrogen-bond acceptors (Lipinski definition) is 6. The van der Waals surface area contributed by atoms with Gasteiger partial charge in [-0.2, -0.15) is 4.37 Å². The van der Waals surface area contributed by atoms with Crippen LogP contribution in [0.2, 0.25) is 0 Å². The number of anilines is 1. The summed E-state index contributed by atoms with van der Waals surface area (Å²) < 4.78 is 19.8. The van der Waals surface area contributed by atoms with Gasteiger partial charge in [-0.05, 0) is 67.7 Å². The van der Waals surface area contributed by atoms with E-state index < -0.39 is 0 Å². The third kappa shape index (κ3) is 3.60. The van der Waals surface area contributed by atoms with Crippen molar-refractivity contribution in [1.82, 2.24) is 23.8 Å². The summed E-state index contributed by atoms with van der Waals surface area (Å²) in [6.45, 7) is 5.20. The standard InChI is InChI=1S/C26H23FN6O2S/c1-15-21-22(33-12-11-17-5-3-4-6-20(17)26(33)35)29-23(24-28-16(2)30-36-24)32(21)14-13-31(15)25(34)18-7-9-19(27)10-8-18/h3-10,15H,11-14H2,1-2H3. The molecular formula is C26H23FN6O2S. The topological polar surface area (TPSA) is 84.2 Å². The van der Waals surface area contributed by atoms with Crippen LogP contribution in [0.5, 0.6) is 0 Å². The Morgan fingerprint density at radius 1 is 1.06 bits per heavy atom. The lowest BCUT2D eigenvalue weighted by Crippen LogP contribution is -2.43. The molecule has 4 heterocycles. The third-order valence-electron chi connectivity index (χ3n) is 6.84. The Kier molecular flexibility index (Phi) is 5.40. The van der Waals surface area contributed by atoms with Crippen LogP contribution in [-0.4, -0.2) is 48.7 Å². The first-order valence-corrected chi connectivity index (χ1v) is 12.6. The van der Waals surface area contributed by atoms with E-state index in [0.29, 0.717) is 59.7 Å². The second kappa shape index (κ2) is 8.63. The maximum absolute atomic E-state index is 13.6. The number of carbonyl (C=O) groups excluding carboxylic acids is 2. The second-order valence-electron chi connectivity index (χ2n) is 8.99. The van der Waals surface area contributed by atoms with E-state index in [2.05, 4.69) is 13.9 Å². The first-order chi connectivity index (χ1) is 17.4. The fourth-order valence-corrected chi connectivity index (χ4v) is 5.72. The minimum atomic E-state index is -0.389. The largest absolute Gasteiger partial charge is 0.328 e. The fourth-order valence-electron chi connectivity index (χ4n) is 5.05. The Morgan fingerprint density at radius 2 is 1.83 bits per heavy atom. The number of hydrogen-bond donors (Lipinski definition) is 0. The molecule has 2 aliphatic rings. The summed E-state index contributed by atoms with van der Waals surface area (Å²) in [5.41, 5.74) is 2.89. The van der Waals surface area contributed by atoms with Gasteiger partial charge in [0.15, 0.2) is 16.6 Å². The molecule has 0 fully saturated rings. The highest BCUT2D eigenvalue weighted by molar-refractivity contribution is 7.09. The Bertz CT molecular complexity index is 1490. The predicted octanol–water partition coefficient (Wildman–Crippen LogP) is 4.27. The molecule has 8 nitrogen and oxygen atoms in total. The molecule has 0 N–H and O–H groups in total. The maximum atomic E-state index is 13.6. The van der Waals surface area contributed by atoms with Gasteiger partial charge < -0.3 is 9.47 Å². The molecule has 2 aromatic carbocycles. The molecule has 1 unspecified atom stereocenters. The van der Waals surface area contributed by atoms with E-state index >= 15 is 0 Å². The van der Waals surface area contributed by atoms with E-state index in [1.54, 1.807) is 9.80 Å². The minimum absolute atomic E-state index is 0.105. The smallest absolute Gasteiger partial charge is 0.259 e. The number of carbonyl (C=O) groups is 2. The van der Waals surface area contributed by atoms with Crippen molar-refractivity contribution >= 4 is 29.2 Å². The van der Waals surface area contributed by atoms with Crippen LogP contribution in [0.3, 0.4) is 0 Å². The molecule has 0 radical (unpaired) electrons. The van der Waals surface area contributed by atoms with Gasteiger partial charge >= 0.3 is 0 Å². The Balaban J connectivity index is 1.45. The molecular weight excluding hydrogens is 479 g/mol. The summed E-state index contributed by atoms with van der Waals surface area (Å²) in [6.07, 6.45) is 0.716. The first kappa shape index (κ1) is 22.5. The average Bonchev–Trinajstić information content (AvgIpc) is 3.49. The minimum Gasteiger partial charge on any atom is -0.328 e. The highest BCUT2D eigenvalue weighted by Crippen LogP contribution is 2.39. The van der Waals surface area contributed by atoms with Gasteiger partial charge in [0.25, 0.3) is 11.8 Å². The van der Waals surface area contributed by atoms with Crippen LogP contribution in [0.15, 0.2) is 48.5 Å². The Hall–Kier alpha value is -3.92. The van der Waals surface area contributed by atoms with E-state index in [4.69, 9.17) is 4.98 Å². The number of aromatic nitrogens is 4. The molecule has 182 valence electrons. The molecule has 1 atom stereocenters. The predicted molar refractivity (Wildman–Crippen MR) is 134 cm³/mol. The molecule has 10 heteroatoms. The summed E-state index contributed by atoms with van der Waals surface area (Å²) in [5, 5.41) is 0.676. The van der Waals surface area contributed by atoms with E-state index in [1.807, 2.05) is 38.1 Å². The van der Waals surface area contributed by atoms with E-state index in [-0.39, 0.29) is 23.7 Å². The zero-order valence-electron chi connectivity index (χ0n) is 19.8. The number of amides is 2. The highest BCUT2D eigenvalue weighted by atomic mass is 32.1. The lowest BCUT2D eigenvalue weighted by molar-refractivity contribution is 0.0645. The van der Waals surface area contributed by atoms with Crippen LogP contribution >= 0.6 is 11.5 Å². The zero-order valence-corrected chi connectivity index (χ0v) is 20.6. The van der Waals surface area contributed by atoms with Crippen molar-refractivity contribution in [2.45, 2.75) is 32.9 Å². The summed E-state index contributed by atoms with van der Waals surface area (Å²) in [4.78, 5) is 39.9. The van der Waals surface area contributed by atoms with Crippen molar-refractivity contribution in [3.8, 4) is 10.8 Å². The van der Waals surface area contributed by atoms with Crippen molar-refractivity contribution in [1.29, 1.82) is 0 Å². The SMILES string of the molecule is Cc1nsc(-c2nc(N3CCc4ccccc4C3=O)c3n2CCN(C(=O)c2ccc(F)cc2)C3C)n1. The van der Waals surface area contributed by atoms with Gasteiger partial charge in [0.05, 0.1) is 11.7 Å². The molecule has 0 bridgehead atoms. The summed E-state index contributed by atoms with van der Waals surface area (Å²) in [5.74, 6) is 1.17. The molecule has 2 amide bonds. The van der Waals surface area contributed by atoms with Gasteiger partial charge in [0.1, 0.15) is 11.6 Å². The van der Waals surface area contributed by atoms with Gasteiger partial charge in [-0.1, -0.05) is 18.2 Å². The van der Waals surface area contributed by atoms with Crippen LogP contribution in [0.1, 0.15) is 50.8 Å². The van der Waals surface area contributed by atoms with Crippen molar-refractivity contribution in [2.24, 2.45) is 0 Å². The lowest BCUT2D eigenvalue weighted by Gasteiger charge is -2.37. The van der Waals surface area contributed by atoms with Crippen LogP contribution in [0.25, 0.3) is 10.8 Å². The van der Waals surface area contributed by atoms with Gasteiger partial charge in [-0.15, -0.1) is 0 Å². The fraction of sp³-hybridized carbons (Fsp3) is 0.269. The Labute approximate surface area is 211 Å². The van der Waals surface area contributed by atoms with Gasteiger partial charge in [0.2, 0.25) is 0 Å². The molecule has 0 saturated carbocycles. The summed E-state index contributed by atoms with van der Waals surface area (Å²) >= 11 is 1.27. The first-order valence-electron chi connectivity index (χ1n) is 11.8. The zero-order chi connectivity index (χ0) is 25.0. The molecule has 2 aromatic heterocycles. The number of fused-ring (bicyclic) bond motifs is 2. The van der Waals surface area contributed by atoms with E-state index in [1.165, 1.54) is 35.8 Å². The van der Waals surface area contributed by atoms with Crippen LogP contribution in [-0.2, 0) is 13.0 Å². The van der Waals surface area contributed by atoms with Gasteiger partial charge in [-0.3, -0.25) is 14.5 Å². The highest BCUT2D eigenvalue weighted by Gasteiger charge is 2.38. The van der Waals surface area contributed by atoms with Crippen molar-refractivity contribution in [2.75, 3.05) is 18.0 Å². The number of imidazole rings is 1. The van der Waals surface area contributed by atoms with Gasteiger partial charge in [0, 0.05) is 30.8 Å². The maximum Gasteiger partial charge on any atom is 0.259 e. The van der Waals surface area contributed by atoms with Crippen molar-refractivity contribution < 1.29 is 14.0 Å². The molecule has 6 rings (SSSR count). The molecule has 0 aliphatic carbocycles. The quantitative estimate of drug-likeness (QED) is 0.418. The number of aryl methyl sites for hydroxylation is 1. The third-order valence-corrected chi connectivity index (χ3v) is 7.64. The number of nitrogens with zero attached hydrogens (tertiary/aromatic N) is 6. The average molecular weight is 503 g/mol. The van der Waals surface area contributed by atoms with Crippen LogP contribution < -0.4 is 4.90 Å². The molecule has 0 spiro atoms. The summed E-state index contributed by atoms with van der Waals surface area (Å²) in [6, 6.07) is 12.8.